The zero-order valence-corrected chi connectivity index (χ0v) is 18.2. The van der Waals surface area contributed by atoms with E-state index in [-0.39, 0.29) is 35.3 Å². The number of rotatable bonds is 4. The molecular weight excluding hydrogens is 399 g/mol. The fourth-order valence-electron chi connectivity index (χ4n) is 2.46. The molecule has 0 heterocycles. The minimum Gasteiger partial charge on any atom is -0.662 e. The van der Waals surface area contributed by atoms with Crippen molar-refractivity contribution in [3.8, 4) is 0 Å². The van der Waals surface area contributed by atoms with Gasteiger partial charge in [0.1, 0.15) is 0 Å². The van der Waals surface area contributed by atoms with E-state index in [9.17, 15) is 0 Å². The molecule has 0 aliphatic rings. The maximum absolute atomic E-state index is 4.80. The largest absolute Gasteiger partial charge is 0.662 e. The number of benzene rings is 2. The van der Waals surface area contributed by atoms with E-state index in [1.807, 2.05) is 13.8 Å². The zero-order chi connectivity index (χ0) is 16.3. The Labute approximate surface area is 168 Å². The van der Waals surface area contributed by atoms with Crippen molar-refractivity contribution < 1.29 is 20.4 Å². The summed E-state index contributed by atoms with van der Waals surface area (Å²) in [5.41, 5.74) is 8.80. The third kappa shape index (κ3) is 6.35. The van der Waals surface area contributed by atoms with Crippen LogP contribution in [0.2, 0.25) is 0 Å². The van der Waals surface area contributed by atoms with Gasteiger partial charge < -0.3 is 25.5 Å². The Morgan fingerprint density at radius 3 is 1.08 bits per heavy atom. The molecule has 0 saturated carbocycles. The Bertz CT molecular complexity index is 616. The number of aryl methyl sites for hydroxylation is 4. The smallest absolute Gasteiger partial charge is 0 e. The molecule has 0 spiro atoms. The SMILES string of the molecule is C/C([N-]c1c(C)cccc1C)=C(\C)[N-]c1c(C)cccc1C.[CH3-].[CH3-].[Pd]. The van der Waals surface area contributed by atoms with Gasteiger partial charge in [0.25, 0.3) is 0 Å². The van der Waals surface area contributed by atoms with Crippen LogP contribution in [0.4, 0.5) is 11.4 Å². The third-order valence-corrected chi connectivity index (χ3v) is 3.96. The first-order valence-corrected chi connectivity index (χ1v) is 7.63. The fraction of sp³-hybridized carbons (Fsp3) is 0.273. The molecule has 0 atom stereocenters. The molecule has 0 radical (unpaired) electrons. The molecule has 0 fully saturated rings. The van der Waals surface area contributed by atoms with Gasteiger partial charge in [-0.15, -0.1) is 11.4 Å². The number of para-hydroxylation sites is 2. The van der Waals surface area contributed by atoms with Crippen LogP contribution in [0.25, 0.3) is 10.6 Å². The minimum atomic E-state index is 0. The Morgan fingerprint density at radius 1 is 0.600 bits per heavy atom. The molecule has 0 N–H and O–H groups in total. The van der Waals surface area contributed by atoms with Crippen molar-refractivity contribution in [1.82, 2.24) is 0 Å². The fourth-order valence-corrected chi connectivity index (χ4v) is 2.46. The molecule has 0 bridgehead atoms. The van der Waals surface area contributed by atoms with Gasteiger partial charge in [0.2, 0.25) is 0 Å². The van der Waals surface area contributed by atoms with Crippen LogP contribution in [0.15, 0.2) is 47.8 Å². The minimum absolute atomic E-state index is 0. The quantitative estimate of drug-likeness (QED) is 0.351. The van der Waals surface area contributed by atoms with Crippen molar-refractivity contribution in [3.63, 3.8) is 0 Å². The van der Waals surface area contributed by atoms with Gasteiger partial charge in [0.15, 0.2) is 0 Å². The third-order valence-electron chi connectivity index (χ3n) is 3.96. The van der Waals surface area contributed by atoms with Crippen LogP contribution in [0.3, 0.4) is 0 Å². The maximum atomic E-state index is 4.80. The molecule has 2 rings (SSSR count). The average Bonchev–Trinajstić information content (AvgIpc) is 2.46. The molecule has 2 aromatic rings. The molecular formula is C22H30N2Pd-4. The summed E-state index contributed by atoms with van der Waals surface area (Å²) in [6, 6.07) is 12.5. The standard InChI is InChI=1S/C20H24N2.2CH3.Pd/c1-13-9-7-10-14(2)19(13)21-17(5)18(6)22-20-15(3)11-8-12-16(20)4;;;/h7-12H,1-6H3;2*1H3;/q-2;2*-1;/b18-17-;;;. The second-order valence-corrected chi connectivity index (χ2v) is 5.88. The molecule has 0 aromatic heterocycles. The Balaban J connectivity index is 0. The monoisotopic (exact) mass is 428 g/mol. The van der Waals surface area contributed by atoms with E-state index in [1.165, 1.54) is 22.3 Å². The van der Waals surface area contributed by atoms with Crippen LogP contribution in [-0.2, 0) is 20.4 Å². The van der Waals surface area contributed by atoms with Crippen molar-refractivity contribution in [2.75, 3.05) is 0 Å². The van der Waals surface area contributed by atoms with E-state index >= 15 is 0 Å². The van der Waals surface area contributed by atoms with Crippen LogP contribution in [0.1, 0.15) is 36.1 Å². The van der Waals surface area contributed by atoms with Crippen LogP contribution < -0.4 is 0 Å². The van der Waals surface area contributed by atoms with Gasteiger partial charge in [-0.05, 0) is 27.7 Å². The van der Waals surface area contributed by atoms with Crippen LogP contribution in [0, 0.1) is 42.5 Å². The summed E-state index contributed by atoms with van der Waals surface area (Å²) < 4.78 is 0. The predicted octanol–water partition coefficient (Wildman–Crippen LogP) is 7.78. The van der Waals surface area contributed by atoms with E-state index in [4.69, 9.17) is 10.6 Å². The molecule has 0 unspecified atom stereocenters. The summed E-state index contributed by atoms with van der Waals surface area (Å²) in [5.74, 6) is 0. The zero-order valence-electron chi connectivity index (χ0n) is 16.7. The normalized spacial score (nSPS) is 10.5. The van der Waals surface area contributed by atoms with Crippen molar-refractivity contribution in [2.24, 2.45) is 0 Å². The average molecular weight is 429 g/mol. The predicted molar refractivity (Wildman–Crippen MR) is 109 cm³/mol. The summed E-state index contributed by atoms with van der Waals surface area (Å²) in [6.45, 7) is 12.4. The van der Waals surface area contributed by atoms with E-state index in [0.717, 1.165) is 22.8 Å². The van der Waals surface area contributed by atoms with E-state index < -0.39 is 0 Å². The first kappa shape index (κ1) is 25.7. The molecule has 0 aliphatic carbocycles. The van der Waals surface area contributed by atoms with Crippen LogP contribution in [0.5, 0.6) is 0 Å². The first-order valence-electron chi connectivity index (χ1n) is 7.63. The Hall–Kier alpha value is -1.56. The van der Waals surface area contributed by atoms with Crippen LogP contribution >= 0.6 is 0 Å². The summed E-state index contributed by atoms with van der Waals surface area (Å²) in [4.78, 5) is 0. The van der Waals surface area contributed by atoms with E-state index in [0.29, 0.717) is 0 Å². The van der Waals surface area contributed by atoms with Gasteiger partial charge in [0.05, 0.1) is 0 Å². The maximum Gasteiger partial charge on any atom is 0 e. The number of hydrogen-bond acceptors (Lipinski definition) is 0. The molecule has 2 nitrogen and oxygen atoms in total. The van der Waals surface area contributed by atoms with Crippen molar-refractivity contribution in [3.05, 3.63) is 95.5 Å². The molecule has 3 heteroatoms. The molecule has 0 amide bonds. The summed E-state index contributed by atoms with van der Waals surface area (Å²) in [6.07, 6.45) is 0. The van der Waals surface area contributed by atoms with Gasteiger partial charge in [0, 0.05) is 20.4 Å². The molecule has 0 aliphatic heterocycles. The van der Waals surface area contributed by atoms with E-state index in [1.54, 1.807) is 0 Å². The van der Waals surface area contributed by atoms with Gasteiger partial charge in [-0.2, -0.15) is 11.4 Å². The number of hydrogen-bond donors (Lipinski definition) is 0. The van der Waals surface area contributed by atoms with Crippen molar-refractivity contribution >= 4 is 11.4 Å². The number of allylic oxidation sites excluding steroid dienone is 2. The van der Waals surface area contributed by atoms with Crippen molar-refractivity contribution in [2.45, 2.75) is 41.5 Å². The summed E-state index contributed by atoms with van der Waals surface area (Å²) in [7, 11) is 0. The second-order valence-electron chi connectivity index (χ2n) is 5.88. The number of nitrogens with zero attached hydrogens (tertiary/aromatic N) is 2. The van der Waals surface area contributed by atoms with Gasteiger partial charge in [-0.25, -0.2) is 0 Å². The van der Waals surface area contributed by atoms with Gasteiger partial charge >= 0.3 is 0 Å². The van der Waals surface area contributed by atoms with Crippen molar-refractivity contribution in [1.29, 1.82) is 0 Å². The van der Waals surface area contributed by atoms with Crippen LogP contribution in [-0.4, -0.2) is 0 Å². The first-order chi connectivity index (χ1) is 10.4. The second kappa shape index (κ2) is 11.1. The molecule has 142 valence electrons. The Kier molecular flexibility index (Phi) is 11.4. The van der Waals surface area contributed by atoms with E-state index in [2.05, 4.69) is 64.1 Å². The topological polar surface area (TPSA) is 28.2 Å². The summed E-state index contributed by atoms with van der Waals surface area (Å²) >= 11 is 0. The molecule has 0 saturated heterocycles. The summed E-state index contributed by atoms with van der Waals surface area (Å²) in [5, 5.41) is 9.60. The van der Waals surface area contributed by atoms with Gasteiger partial charge in [-0.3, -0.25) is 0 Å². The molecule has 2 aromatic carbocycles. The Morgan fingerprint density at radius 2 is 0.840 bits per heavy atom. The van der Waals surface area contributed by atoms with Gasteiger partial charge in [-0.1, -0.05) is 72.5 Å². The molecule has 25 heavy (non-hydrogen) atoms.